The minimum absolute atomic E-state index is 0.0572. The average Bonchev–Trinajstić information content (AvgIpc) is 2.84. The molecule has 5 heteroatoms. The van der Waals surface area contributed by atoms with Gasteiger partial charge in [-0.3, -0.25) is 4.99 Å². The molecule has 0 fully saturated rings. The van der Waals surface area contributed by atoms with Gasteiger partial charge in [0.15, 0.2) is 5.84 Å². The van der Waals surface area contributed by atoms with E-state index in [0.29, 0.717) is 0 Å². The molecule has 0 bridgehead atoms. The predicted molar refractivity (Wildman–Crippen MR) is 131 cm³/mol. The Morgan fingerprint density at radius 2 is 1.19 bits per heavy atom. The molecular formula is C27H25N5. The fourth-order valence-corrected chi connectivity index (χ4v) is 3.94. The third-order valence-corrected chi connectivity index (χ3v) is 5.51. The van der Waals surface area contributed by atoms with Gasteiger partial charge >= 0.3 is 0 Å². The van der Waals surface area contributed by atoms with Crippen molar-refractivity contribution < 1.29 is 0 Å². The first-order chi connectivity index (χ1) is 15.7. The first kappa shape index (κ1) is 19.9. The van der Waals surface area contributed by atoms with Gasteiger partial charge in [-0.05, 0) is 31.1 Å². The summed E-state index contributed by atoms with van der Waals surface area (Å²) in [5.74, 6) is 1.55. The van der Waals surface area contributed by atoms with Gasteiger partial charge in [-0.2, -0.15) is 0 Å². The van der Waals surface area contributed by atoms with Gasteiger partial charge in [0.25, 0.3) is 0 Å². The van der Waals surface area contributed by atoms with E-state index >= 15 is 0 Å². The Balaban J connectivity index is 1.47. The fourth-order valence-electron chi connectivity index (χ4n) is 3.94. The Labute approximate surface area is 188 Å². The van der Waals surface area contributed by atoms with Crippen molar-refractivity contribution in [3.63, 3.8) is 0 Å². The van der Waals surface area contributed by atoms with E-state index in [0.717, 1.165) is 45.3 Å². The topological polar surface area (TPSA) is 61.1 Å². The summed E-state index contributed by atoms with van der Waals surface area (Å²) in [7, 11) is 0. The van der Waals surface area contributed by atoms with Crippen LogP contribution in [0.15, 0.2) is 112 Å². The second kappa shape index (κ2) is 8.63. The average molecular weight is 420 g/mol. The summed E-state index contributed by atoms with van der Waals surface area (Å²) >= 11 is 0. The molecule has 2 aliphatic rings. The molecule has 0 saturated heterocycles. The highest BCUT2D eigenvalue weighted by atomic mass is 15.2. The number of rotatable bonds is 4. The Morgan fingerprint density at radius 1 is 0.625 bits per heavy atom. The lowest BCUT2D eigenvalue weighted by Crippen LogP contribution is -2.33. The van der Waals surface area contributed by atoms with Crippen LogP contribution in [0.2, 0.25) is 0 Å². The second-order valence-electron chi connectivity index (χ2n) is 8.00. The van der Waals surface area contributed by atoms with Crippen molar-refractivity contribution in [3.8, 4) is 0 Å². The van der Waals surface area contributed by atoms with Crippen molar-refractivity contribution >= 4 is 17.4 Å². The van der Waals surface area contributed by atoms with Gasteiger partial charge in [-0.25, -0.2) is 9.98 Å². The smallest absolute Gasteiger partial charge is 0.159 e. The van der Waals surface area contributed by atoms with E-state index in [4.69, 9.17) is 15.0 Å². The molecule has 3 aromatic carbocycles. The standard InChI is InChI=1S/C27H25N5/c1-18-17-19(2)29-24(28-18)22-13-15-23(16-14-22)27-31-25(20-9-5-3-6-10-20)30-26(32-27)21-11-7-4-8-12-21/h3-17,24,27-28H,1-2H3,(H,30,31,32). The number of aliphatic imine (C=N–C) groups is 3. The summed E-state index contributed by atoms with van der Waals surface area (Å²) in [5, 5.41) is 6.94. The minimum atomic E-state index is -0.224. The molecule has 2 atom stereocenters. The van der Waals surface area contributed by atoms with Crippen LogP contribution in [-0.2, 0) is 0 Å². The molecule has 0 aromatic heterocycles. The van der Waals surface area contributed by atoms with Crippen LogP contribution in [0, 0.1) is 0 Å². The molecule has 5 rings (SSSR count). The number of nitrogens with zero attached hydrogens (tertiary/aromatic N) is 3. The zero-order valence-corrected chi connectivity index (χ0v) is 18.2. The van der Waals surface area contributed by atoms with Crippen molar-refractivity contribution in [1.29, 1.82) is 0 Å². The summed E-state index contributed by atoms with van der Waals surface area (Å²) in [4.78, 5) is 14.5. The van der Waals surface area contributed by atoms with Gasteiger partial charge in [0, 0.05) is 22.5 Å². The van der Waals surface area contributed by atoms with Crippen molar-refractivity contribution in [2.24, 2.45) is 15.0 Å². The Morgan fingerprint density at radius 3 is 1.78 bits per heavy atom. The van der Waals surface area contributed by atoms with Crippen LogP contribution >= 0.6 is 0 Å². The van der Waals surface area contributed by atoms with Crippen molar-refractivity contribution in [1.82, 2.24) is 10.6 Å². The predicted octanol–water partition coefficient (Wildman–Crippen LogP) is 5.15. The number of amidine groups is 2. The van der Waals surface area contributed by atoms with Gasteiger partial charge in [0.1, 0.15) is 18.2 Å². The summed E-state index contributed by atoms with van der Waals surface area (Å²) in [5.41, 5.74) is 6.40. The first-order valence-electron chi connectivity index (χ1n) is 10.8. The van der Waals surface area contributed by atoms with E-state index in [2.05, 4.69) is 60.0 Å². The molecule has 5 nitrogen and oxygen atoms in total. The highest BCUT2D eigenvalue weighted by Gasteiger charge is 2.21. The van der Waals surface area contributed by atoms with Crippen LogP contribution < -0.4 is 10.6 Å². The molecule has 3 aromatic rings. The molecule has 32 heavy (non-hydrogen) atoms. The van der Waals surface area contributed by atoms with Crippen LogP contribution in [-0.4, -0.2) is 17.4 Å². The van der Waals surface area contributed by atoms with E-state index in [1.54, 1.807) is 0 Å². The van der Waals surface area contributed by atoms with Gasteiger partial charge in [-0.1, -0.05) is 84.9 Å². The molecule has 0 amide bonds. The van der Waals surface area contributed by atoms with E-state index in [1.807, 2.05) is 55.5 Å². The molecule has 2 heterocycles. The van der Waals surface area contributed by atoms with Crippen molar-refractivity contribution in [3.05, 3.63) is 119 Å². The van der Waals surface area contributed by atoms with E-state index < -0.39 is 0 Å². The van der Waals surface area contributed by atoms with Crippen LogP contribution in [0.5, 0.6) is 0 Å². The van der Waals surface area contributed by atoms with Gasteiger partial charge in [0.05, 0.1) is 0 Å². The Bertz CT molecular complexity index is 1220. The fraction of sp³-hybridized carbons (Fsp3) is 0.148. The highest BCUT2D eigenvalue weighted by molar-refractivity contribution is 6.13. The summed E-state index contributed by atoms with van der Waals surface area (Å²) in [6.07, 6.45) is 1.78. The zero-order valence-electron chi connectivity index (χ0n) is 18.2. The minimum Gasteiger partial charge on any atom is -0.364 e. The SMILES string of the molecule is CC1=CC(C)=NC(c2ccc(C3N=C(c4ccccc4)N=C(c4ccccc4)N3)cc2)N1. The summed E-state index contributed by atoms with van der Waals surface area (Å²) < 4.78 is 0. The van der Waals surface area contributed by atoms with Gasteiger partial charge in [-0.15, -0.1) is 0 Å². The number of allylic oxidation sites excluding steroid dienone is 2. The van der Waals surface area contributed by atoms with Crippen molar-refractivity contribution in [2.75, 3.05) is 0 Å². The molecule has 0 aliphatic carbocycles. The highest BCUT2D eigenvalue weighted by Crippen LogP contribution is 2.25. The number of hydrogen-bond donors (Lipinski definition) is 2. The molecular weight excluding hydrogens is 394 g/mol. The van der Waals surface area contributed by atoms with Crippen LogP contribution in [0.25, 0.3) is 0 Å². The summed E-state index contributed by atoms with van der Waals surface area (Å²) in [6.45, 7) is 4.09. The maximum absolute atomic E-state index is 4.93. The monoisotopic (exact) mass is 419 g/mol. The lowest BCUT2D eigenvalue weighted by atomic mass is 10.1. The van der Waals surface area contributed by atoms with Gasteiger partial charge < -0.3 is 10.6 Å². The quantitative estimate of drug-likeness (QED) is 0.614. The van der Waals surface area contributed by atoms with Crippen LogP contribution in [0.4, 0.5) is 0 Å². The molecule has 0 radical (unpaired) electrons. The van der Waals surface area contributed by atoms with E-state index in [1.165, 1.54) is 0 Å². The van der Waals surface area contributed by atoms with E-state index in [9.17, 15) is 0 Å². The zero-order chi connectivity index (χ0) is 21.9. The molecule has 2 unspecified atom stereocenters. The Kier molecular flexibility index (Phi) is 5.38. The second-order valence-corrected chi connectivity index (χ2v) is 8.00. The number of benzene rings is 3. The molecule has 2 N–H and O–H groups in total. The largest absolute Gasteiger partial charge is 0.364 e. The first-order valence-corrected chi connectivity index (χ1v) is 10.8. The number of hydrogen-bond acceptors (Lipinski definition) is 5. The lowest BCUT2D eigenvalue weighted by molar-refractivity contribution is 0.617. The maximum Gasteiger partial charge on any atom is 0.159 e. The third-order valence-electron chi connectivity index (χ3n) is 5.51. The molecule has 2 aliphatic heterocycles. The third kappa shape index (κ3) is 4.23. The van der Waals surface area contributed by atoms with Gasteiger partial charge in [0.2, 0.25) is 0 Å². The van der Waals surface area contributed by atoms with E-state index in [-0.39, 0.29) is 12.3 Å². The normalized spacial score (nSPS) is 20.2. The summed E-state index contributed by atoms with van der Waals surface area (Å²) in [6, 6.07) is 28.8. The Hall–Kier alpha value is -3.99. The molecule has 0 spiro atoms. The van der Waals surface area contributed by atoms with Crippen LogP contribution in [0.1, 0.15) is 48.4 Å². The maximum atomic E-state index is 4.93. The lowest BCUT2D eigenvalue weighted by Gasteiger charge is -2.25. The molecule has 158 valence electrons. The van der Waals surface area contributed by atoms with Crippen molar-refractivity contribution in [2.45, 2.75) is 26.2 Å². The number of nitrogens with one attached hydrogen (secondary N) is 2. The van der Waals surface area contributed by atoms with Crippen LogP contribution in [0.3, 0.4) is 0 Å². The molecule has 0 saturated carbocycles.